The smallest absolute Gasteiger partial charge is 0.324 e. The Morgan fingerprint density at radius 1 is 0.818 bits per heavy atom. The number of nitrogens with one attached hydrogen (secondary N) is 2. The third-order valence-corrected chi connectivity index (χ3v) is 6.14. The summed E-state index contributed by atoms with van der Waals surface area (Å²) >= 11 is 0. The van der Waals surface area contributed by atoms with Crippen LogP contribution in [0.2, 0.25) is 0 Å². The fraction of sp³-hybridized carbons (Fsp3) is 0.125. The highest BCUT2D eigenvalue weighted by molar-refractivity contribution is 7.89. The van der Waals surface area contributed by atoms with Crippen LogP contribution in [0.4, 0.5) is 5.69 Å². The molecule has 170 valence electrons. The summed E-state index contributed by atoms with van der Waals surface area (Å²) < 4.78 is 31.8. The van der Waals surface area contributed by atoms with Crippen molar-refractivity contribution in [2.75, 3.05) is 11.9 Å². The molecule has 0 bridgehead atoms. The molecule has 0 heterocycles. The van der Waals surface area contributed by atoms with Crippen molar-refractivity contribution in [3.63, 3.8) is 0 Å². The van der Waals surface area contributed by atoms with Gasteiger partial charge in [0.1, 0.15) is 6.04 Å². The number of amides is 1. The number of Topliss-reactive ketones (excluding diaryl/α,β-unsaturated/α-hetero) is 1. The molecule has 0 aromatic heterocycles. The summed E-state index contributed by atoms with van der Waals surface area (Å²) in [5, 5.41) is 2.72. The fourth-order valence-electron chi connectivity index (χ4n) is 2.83. The van der Waals surface area contributed by atoms with Crippen LogP contribution < -0.4 is 10.0 Å². The van der Waals surface area contributed by atoms with E-state index in [1.165, 1.54) is 31.2 Å². The van der Waals surface area contributed by atoms with Crippen LogP contribution in [0.5, 0.6) is 0 Å². The maximum Gasteiger partial charge on any atom is 0.324 e. The van der Waals surface area contributed by atoms with Crippen molar-refractivity contribution < 1.29 is 27.5 Å². The predicted octanol–water partition coefficient (Wildman–Crippen LogP) is 3.03. The molecule has 1 unspecified atom stereocenters. The van der Waals surface area contributed by atoms with E-state index in [0.717, 1.165) is 0 Å². The van der Waals surface area contributed by atoms with E-state index in [4.69, 9.17) is 4.74 Å². The molecule has 3 rings (SSSR count). The zero-order valence-electron chi connectivity index (χ0n) is 17.7. The molecule has 0 fully saturated rings. The summed E-state index contributed by atoms with van der Waals surface area (Å²) in [5.41, 5.74) is 1.28. The first-order valence-corrected chi connectivity index (χ1v) is 11.5. The lowest BCUT2D eigenvalue weighted by Gasteiger charge is -2.13. The molecule has 0 aliphatic rings. The van der Waals surface area contributed by atoms with E-state index >= 15 is 0 Å². The van der Waals surface area contributed by atoms with E-state index in [-0.39, 0.29) is 16.4 Å². The minimum Gasteiger partial charge on any atom is -0.456 e. The van der Waals surface area contributed by atoms with Crippen LogP contribution in [-0.4, -0.2) is 38.7 Å². The number of hydrogen-bond donors (Lipinski definition) is 2. The molecule has 2 N–H and O–H groups in total. The highest BCUT2D eigenvalue weighted by atomic mass is 32.2. The molecular formula is C24H22N2O6S. The van der Waals surface area contributed by atoms with Gasteiger partial charge in [-0.1, -0.05) is 36.4 Å². The predicted molar refractivity (Wildman–Crippen MR) is 122 cm³/mol. The first kappa shape index (κ1) is 23.8. The number of hydrogen-bond acceptors (Lipinski definition) is 6. The summed E-state index contributed by atoms with van der Waals surface area (Å²) in [6.07, 6.45) is 0. The number of carbonyl (C=O) groups excluding carboxylic acids is 3. The van der Waals surface area contributed by atoms with Crippen molar-refractivity contribution in [2.45, 2.75) is 17.9 Å². The van der Waals surface area contributed by atoms with Gasteiger partial charge < -0.3 is 10.1 Å². The zero-order chi connectivity index (χ0) is 23.8. The zero-order valence-corrected chi connectivity index (χ0v) is 18.5. The normalized spacial score (nSPS) is 11.9. The van der Waals surface area contributed by atoms with Crippen molar-refractivity contribution in [1.82, 2.24) is 4.72 Å². The number of carbonyl (C=O) groups is 3. The van der Waals surface area contributed by atoms with Crippen molar-refractivity contribution >= 4 is 33.4 Å². The number of esters is 1. The summed E-state index contributed by atoms with van der Waals surface area (Å²) in [6, 6.07) is 21.2. The molecule has 1 atom stereocenters. The molecule has 0 spiro atoms. The molecular weight excluding hydrogens is 444 g/mol. The van der Waals surface area contributed by atoms with E-state index in [0.29, 0.717) is 11.3 Å². The van der Waals surface area contributed by atoms with E-state index in [2.05, 4.69) is 10.0 Å². The van der Waals surface area contributed by atoms with Crippen LogP contribution in [0.3, 0.4) is 0 Å². The monoisotopic (exact) mass is 466 g/mol. The Morgan fingerprint density at radius 2 is 1.39 bits per heavy atom. The van der Waals surface area contributed by atoms with E-state index in [9.17, 15) is 22.8 Å². The SMILES string of the molecule is CC(NS(=O)(=O)c1ccccc1)C(=O)OCC(=O)c1ccc(NC(=O)c2ccccc2)cc1. The molecule has 33 heavy (non-hydrogen) atoms. The van der Waals surface area contributed by atoms with Gasteiger partial charge in [-0.25, -0.2) is 8.42 Å². The Labute approximate surface area is 191 Å². The molecule has 1 amide bonds. The Morgan fingerprint density at radius 3 is 2.00 bits per heavy atom. The molecule has 0 saturated heterocycles. The highest BCUT2D eigenvalue weighted by Crippen LogP contribution is 2.13. The first-order valence-electron chi connectivity index (χ1n) is 10.00. The second-order valence-electron chi connectivity index (χ2n) is 7.08. The van der Waals surface area contributed by atoms with Crippen LogP contribution in [0.25, 0.3) is 0 Å². The maximum atomic E-state index is 12.3. The molecule has 3 aromatic rings. The van der Waals surface area contributed by atoms with Crippen LogP contribution in [0.15, 0.2) is 89.8 Å². The van der Waals surface area contributed by atoms with Crippen LogP contribution in [-0.2, 0) is 19.6 Å². The van der Waals surface area contributed by atoms with Crippen molar-refractivity contribution in [1.29, 1.82) is 0 Å². The quantitative estimate of drug-likeness (QED) is 0.370. The van der Waals surface area contributed by atoms with Gasteiger partial charge in [-0.15, -0.1) is 0 Å². The largest absolute Gasteiger partial charge is 0.456 e. The van der Waals surface area contributed by atoms with Gasteiger partial charge in [0.15, 0.2) is 12.4 Å². The second kappa shape index (κ2) is 10.7. The first-order chi connectivity index (χ1) is 15.8. The topological polar surface area (TPSA) is 119 Å². The van der Waals surface area contributed by atoms with Gasteiger partial charge in [-0.2, -0.15) is 4.72 Å². The number of anilines is 1. The van der Waals surface area contributed by atoms with E-state index < -0.39 is 34.4 Å². The Bertz CT molecular complexity index is 1230. The van der Waals surface area contributed by atoms with Gasteiger partial charge in [-0.3, -0.25) is 14.4 Å². The Kier molecular flexibility index (Phi) is 7.70. The second-order valence-corrected chi connectivity index (χ2v) is 8.80. The van der Waals surface area contributed by atoms with Gasteiger partial charge in [0.25, 0.3) is 5.91 Å². The minimum atomic E-state index is -3.90. The van der Waals surface area contributed by atoms with Gasteiger partial charge in [0.05, 0.1) is 4.90 Å². The molecule has 9 heteroatoms. The number of benzene rings is 3. The summed E-state index contributed by atoms with van der Waals surface area (Å²) in [7, 11) is -3.90. The van der Waals surface area contributed by atoms with Crippen LogP contribution >= 0.6 is 0 Å². The Hall–Kier alpha value is -3.82. The van der Waals surface area contributed by atoms with E-state index in [1.54, 1.807) is 54.6 Å². The average Bonchev–Trinajstić information content (AvgIpc) is 2.83. The van der Waals surface area contributed by atoms with Gasteiger partial charge in [-0.05, 0) is 55.5 Å². The lowest BCUT2D eigenvalue weighted by atomic mass is 10.1. The van der Waals surface area contributed by atoms with E-state index in [1.807, 2.05) is 6.07 Å². The summed E-state index contributed by atoms with van der Waals surface area (Å²) in [5.74, 6) is -1.63. The third kappa shape index (κ3) is 6.58. The number of ether oxygens (including phenoxy) is 1. The Balaban J connectivity index is 1.51. The number of ketones is 1. The molecule has 0 saturated carbocycles. The lowest BCUT2D eigenvalue weighted by molar-refractivity contribution is -0.144. The minimum absolute atomic E-state index is 0.0140. The highest BCUT2D eigenvalue weighted by Gasteiger charge is 2.23. The van der Waals surface area contributed by atoms with Crippen LogP contribution in [0, 0.1) is 0 Å². The average molecular weight is 467 g/mol. The molecule has 0 radical (unpaired) electrons. The number of rotatable bonds is 9. The summed E-state index contributed by atoms with van der Waals surface area (Å²) in [4.78, 5) is 36.7. The van der Waals surface area contributed by atoms with Gasteiger partial charge in [0, 0.05) is 16.8 Å². The fourth-order valence-corrected chi connectivity index (χ4v) is 4.04. The lowest BCUT2D eigenvalue weighted by Crippen LogP contribution is -2.40. The van der Waals surface area contributed by atoms with Crippen LogP contribution in [0.1, 0.15) is 27.6 Å². The molecule has 8 nitrogen and oxygen atoms in total. The number of sulfonamides is 1. The van der Waals surface area contributed by atoms with Gasteiger partial charge in [0.2, 0.25) is 10.0 Å². The van der Waals surface area contributed by atoms with Crippen molar-refractivity contribution in [3.8, 4) is 0 Å². The third-order valence-electron chi connectivity index (χ3n) is 4.59. The molecule has 0 aliphatic heterocycles. The standard InChI is InChI=1S/C24H22N2O6S/c1-17(26-33(30,31)21-10-6-3-7-11-21)24(29)32-16-22(27)18-12-14-20(15-13-18)25-23(28)19-8-4-2-5-9-19/h2-15,17,26H,16H2,1H3,(H,25,28). The van der Waals surface area contributed by atoms with Crippen molar-refractivity contribution in [3.05, 3.63) is 96.1 Å². The maximum absolute atomic E-state index is 12.3. The molecule has 0 aliphatic carbocycles. The van der Waals surface area contributed by atoms with Gasteiger partial charge >= 0.3 is 5.97 Å². The van der Waals surface area contributed by atoms with Crippen molar-refractivity contribution in [2.24, 2.45) is 0 Å². The summed E-state index contributed by atoms with van der Waals surface area (Å²) in [6.45, 7) is 0.781. The molecule has 3 aromatic carbocycles.